The second kappa shape index (κ2) is 9.50. The Hall–Kier alpha value is -3.95. The summed E-state index contributed by atoms with van der Waals surface area (Å²) >= 11 is 0. The second-order valence-electron chi connectivity index (χ2n) is 6.01. The maximum atomic E-state index is 13.7. The first kappa shape index (κ1) is 20.8. The topological polar surface area (TPSA) is 111 Å². The van der Waals surface area contributed by atoms with Gasteiger partial charge in [-0.25, -0.2) is 20.4 Å². The van der Waals surface area contributed by atoms with Crippen LogP contribution in [0.1, 0.15) is 28.5 Å². The van der Waals surface area contributed by atoms with E-state index in [1.54, 1.807) is 12.3 Å². The fraction of sp³-hybridized carbons (Fsp3) is 0.200. The molecule has 1 amide bonds. The van der Waals surface area contributed by atoms with E-state index in [2.05, 4.69) is 30.5 Å². The monoisotopic (exact) mass is 410 g/mol. The number of aromatic nitrogens is 4. The van der Waals surface area contributed by atoms with Crippen LogP contribution in [0.5, 0.6) is 11.6 Å². The zero-order chi connectivity index (χ0) is 21.5. The van der Waals surface area contributed by atoms with Crippen molar-refractivity contribution in [3.63, 3.8) is 0 Å². The van der Waals surface area contributed by atoms with Gasteiger partial charge in [0.25, 0.3) is 5.91 Å². The SMILES string of the molecule is CCOc1cc(C)c(-c2cncc(C(=O)N/N=C/c3cc(OC)cnc3F)n2)cn1. The molecule has 0 aromatic carbocycles. The number of hydrogen-bond donors (Lipinski definition) is 1. The average molecular weight is 410 g/mol. The number of methoxy groups -OCH3 is 1. The highest BCUT2D eigenvalue weighted by atomic mass is 19.1. The molecule has 3 rings (SSSR count). The maximum absolute atomic E-state index is 13.7. The molecule has 0 saturated carbocycles. The Balaban J connectivity index is 1.75. The predicted octanol–water partition coefficient (Wildman–Crippen LogP) is 2.55. The molecule has 0 aliphatic carbocycles. The van der Waals surface area contributed by atoms with Crippen LogP contribution in [0, 0.1) is 12.9 Å². The maximum Gasteiger partial charge on any atom is 0.291 e. The van der Waals surface area contributed by atoms with Crippen molar-refractivity contribution in [2.45, 2.75) is 13.8 Å². The van der Waals surface area contributed by atoms with Crippen LogP contribution in [0.4, 0.5) is 4.39 Å². The lowest BCUT2D eigenvalue weighted by molar-refractivity contribution is 0.0950. The van der Waals surface area contributed by atoms with E-state index in [0.717, 1.165) is 11.8 Å². The van der Waals surface area contributed by atoms with Crippen LogP contribution < -0.4 is 14.9 Å². The Morgan fingerprint density at radius 3 is 2.80 bits per heavy atom. The Morgan fingerprint density at radius 2 is 2.07 bits per heavy atom. The minimum atomic E-state index is -0.742. The van der Waals surface area contributed by atoms with Crippen LogP contribution in [-0.4, -0.2) is 45.8 Å². The number of hydrogen-bond acceptors (Lipinski definition) is 8. The third kappa shape index (κ3) is 4.90. The first-order valence-corrected chi connectivity index (χ1v) is 8.96. The molecule has 0 fully saturated rings. The number of ether oxygens (including phenoxy) is 2. The Kier molecular flexibility index (Phi) is 6.58. The third-order valence-corrected chi connectivity index (χ3v) is 3.97. The Labute approximate surface area is 172 Å². The summed E-state index contributed by atoms with van der Waals surface area (Å²) in [6.07, 6.45) is 6.81. The van der Waals surface area contributed by atoms with Crippen LogP contribution in [0.25, 0.3) is 11.3 Å². The fourth-order valence-corrected chi connectivity index (χ4v) is 2.50. The molecule has 3 aromatic rings. The minimum Gasteiger partial charge on any atom is -0.495 e. The summed E-state index contributed by atoms with van der Waals surface area (Å²) in [6, 6.07) is 3.19. The molecule has 0 radical (unpaired) electrons. The van der Waals surface area contributed by atoms with Gasteiger partial charge in [-0.15, -0.1) is 0 Å². The standard InChI is InChI=1S/C20H19FN6O3/c1-4-30-18-5-12(2)15(9-23-18)16-10-22-11-17(26-16)20(28)27-25-7-13-6-14(29-3)8-24-19(13)21/h5-11H,4H2,1-3H3,(H,27,28)/b25-7+. The molecule has 154 valence electrons. The van der Waals surface area contributed by atoms with E-state index in [1.165, 1.54) is 31.8 Å². The van der Waals surface area contributed by atoms with Crippen molar-refractivity contribution in [2.24, 2.45) is 5.10 Å². The van der Waals surface area contributed by atoms with Crippen LogP contribution in [0.3, 0.4) is 0 Å². The lowest BCUT2D eigenvalue weighted by Gasteiger charge is -2.08. The average Bonchev–Trinajstić information content (AvgIpc) is 2.75. The van der Waals surface area contributed by atoms with Crippen molar-refractivity contribution >= 4 is 12.1 Å². The smallest absolute Gasteiger partial charge is 0.291 e. The second-order valence-corrected chi connectivity index (χ2v) is 6.01. The van der Waals surface area contributed by atoms with Gasteiger partial charge in [-0.05, 0) is 25.5 Å². The van der Waals surface area contributed by atoms with Gasteiger partial charge in [-0.2, -0.15) is 9.49 Å². The van der Waals surface area contributed by atoms with Gasteiger partial charge in [0.15, 0.2) is 0 Å². The highest BCUT2D eigenvalue weighted by Crippen LogP contribution is 2.23. The molecule has 0 spiro atoms. The molecule has 0 bridgehead atoms. The van der Waals surface area contributed by atoms with Crippen molar-refractivity contribution in [3.05, 3.63) is 59.7 Å². The molecule has 1 N–H and O–H groups in total. The number of hydrazone groups is 1. The van der Waals surface area contributed by atoms with E-state index in [1.807, 2.05) is 13.8 Å². The summed E-state index contributed by atoms with van der Waals surface area (Å²) in [6.45, 7) is 4.27. The summed E-state index contributed by atoms with van der Waals surface area (Å²) < 4.78 is 24.1. The van der Waals surface area contributed by atoms with Gasteiger partial charge < -0.3 is 9.47 Å². The number of carbonyl (C=O) groups excluding carboxylic acids is 1. The molecule has 0 saturated heterocycles. The van der Waals surface area contributed by atoms with Crippen molar-refractivity contribution in [1.29, 1.82) is 0 Å². The first-order chi connectivity index (χ1) is 14.5. The number of aryl methyl sites for hydroxylation is 1. The largest absolute Gasteiger partial charge is 0.495 e. The molecule has 0 atom stereocenters. The summed E-state index contributed by atoms with van der Waals surface area (Å²) in [5, 5.41) is 3.75. The summed E-state index contributed by atoms with van der Waals surface area (Å²) in [5.41, 5.74) is 4.46. The molecule has 0 unspecified atom stereocenters. The molecule has 3 heterocycles. The molecule has 10 heteroatoms. The van der Waals surface area contributed by atoms with Crippen molar-refractivity contribution < 1.29 is 18.7 Å². The fourth-order valence-electron chi connectivity index (χ4n) is 2.50. The lowest BCUT2D eigenvalue weighted by atomic mass is 10.1. The van der Waals surface area contributed by atoms with Gasteiger partial charge in [0.2, 0.25) is 11.8 Å². The van der Waals surface area contributed by atoms with Crippen LogP contribution in [0.15, 0.2) is 42.0 Å². The molecule has 9 nitrogen and oxygen atoms in total. The van der Waals surface area contributed by atoms with Crippen LogP contribution in [0.2, 0.25) is 0 Å². The summed E-state index contributed by atoms with van der Waals surface area (Å²) in [4.78, 5) is 28.5. The number of rotatable bonds is 7. The van der Waals surface area contributed by atoms with E-state index in [0.29, 0.717) is 29.5 Å². The molecule has 30 heavy (non-hydrogen) atoms. The predicted molar refractivity (Wildman–Crippen MR) is 107 cm³/mol. The zero-order valence-corrected chi connectivity index (χ0v) is 16.6. The van der Waals surface area contributed by atoms with Crippen LogP contribution in [-0.2, 0) is 0 Å². The van der Waals surface area contributed by atoms with E-state index in [9.17, 15) is 9.18 Å². The van der Waals surface area contributed by atoms with Crippen molar-refractivity contribution in [2.75, 3.05) is 13.7 Å². The Bertz CT molecular complexity index is 1090. The van der Waals surface area contributed by atoms with E-state index < -0.39 is 11.9 Å². The van der Waals surface area contributed by atoms with Gasteiger partial charge in [0, 0.05) is 17.8 Å². The van der Waals surface area contributed by atoms with Crippen molar-refractivity contribution in [1.82, 2.24) is 25.4 Å². The summed E-state index contributed by atoms with van der Waals surface area (Å²) in [7, 11) is 1.44. The number of pyridine rings is 2. The van der Waals surface area contributed by atoms with E-state index in [4.69, 9.17) is 9.47 Å². The minimum absolute atomic E-state index is 0.0437. The zero-order valence-electron chi connectivity index (χ0n) is 16.6. The number of nitrogens with one attached hydrogen (secondary N) is 1. The third-order valence-electron chi connectivity index (χ3n) is 3.97. The number of nitrogens with zero attached hydrogens (tertiary/aromatic N) is 5. The molecular weight excluding hydrogens is 391 g/mol. The van der Waals surface area contributed by atoms with Gasteiger partial charge in [0.1, 0.15) is 11.4 Å². The van der Waals surface area contributed by atoms with Gasteiger partial charge in [-0.1, -0.05) is 0 Å². The summed E-state index contributed by atoms with van der Waals surface area (Å²) in [5.74, 6) is -0.473. The molecule has 3 aromatic heterocycles. The Morgan fingerprint density at radius 1 is 1.23 bits per heavy atom. The van der Waals surface area contributed by atoms with Gasteiger partial charge in [-0.3, -0.25) is 9.78 Å². The number of amides is 1. The first-order valence-electron chi connectivity index (χ1n) is 8.96. The molecule has 0 aliphatic rings. The molecule has 0 aliphatic heterocycles. The van der Waals surface area contributed by atoms with E-state index in [-0.39, 0.29) is 11.3 Å². The quantitative estimate of drug-likeness (QED) is 0.362. The number of carbonyl (C=O) groups is 1. The van der Waals surface area contributed by atoms with Gasteiger partial charge in [0.05, 0.1) is 49.8 Å². The highest BCUT2D eigenvalue weighted by molar-refractivity contribution is 5.93. The molecular formula is C20H19FN6O3. The number of halogens is 1. The van der Waals surface area contributed by atoms with Gasteiger partial charge >= 0.3 is 0 Å². The van der Waals surface area contributed by atoms with Crippen LogP contribution >= 0.6 is 0 Å². The normalized spacial score (nSPS) is 10.8. The lowest BCUT2D eigenvalue weighted by Crippen LogP contribution is -2.19. The highest BCUT2D eigenvalue weighted by Gasteiger charge is 2.12. The van der Waals surface area contributed by atoms with E-state index >= 15 is 0 Å². The van der Waals surface area contributed by atoms with Crippen molar-refractivity contribution in [3.8, 4) is 22.9 Å².